The summed E-state index contributed by atoms with van der Waals surface area (Å²) in [4.78, 5) is 0. The molecule has 0 saturated heterocycles. The van der Waals surface area contributed by atoms with E-state index in [9.17, 15) is 0 Å². The van der Waals surface area contributed by atoms with Crippen molar-refractivity contribution in [2.45, 2.75) is 482 Å². The Morgan fingerprint density at radius 3 is 0.682 bits per heavy atom. The molecule has 25 rings (SSSR count). The smallest absolute Gasteiger partial charge is 0.0163 e. The highest BCUT2D eigenvalue weighted by atomic mass is 14.5. The second-order valence-corrected chi connectivity index (χ2v) is 39.5. The van der Waals surface area contributed by atoms with Crippen LogP contribution in [0.1, 0.15) is 478 Å². The molecule has 2 unspecified atom stereocenters. The third-order valence-electron chi connectivity index (χ3n) is 29.9. The third kappa shape index (κ3) is 41.1. The molecule has 0 nitrogen and oxygen atoms in total. The second-order valence-electron chi connectivity index (χ2n) is 39.5. The quantitative estimate of drug-likeness (QED) is 0.182. The van der Waals surface area contributed by atoms with Crippen LogP contribution in [0.15, 0.2) is 121 Å². The molecule has 0 aromatic heterocycles. The maximum absolute atomic E-state index is 2.38. The SMILES string of the molecule is C1=CC2CCC1C2.C1=CCC=C1.C1=CCCC1.C1=CCCCC1.C1=CCCCCC1.C1C2CC3CC1CC(C2)C3.C1CC1.C1CC2CCC1C2.C1CCC1.C1CCC2(CC1)CCC2.C1CCC2CCCCC2C1.C1CCCC1.C1CCCCC1.C1CCCCCC1.c1ccc2c(c1)CCC2.c1ccc2c(c1)CCCC2. The zero-order chi connectivity index (χ0) is 75.8. The Morgan fingerprint density at radius 1 is 0.200 bits per heavy atom. The van der Waals surface area contributed by atoms with Crippen LogP contribution in [-0.4, -0.2) is 0 Å². The Morgan fingerprint density at radius 2 is 0.464 bits per heavy atom. The molecule has 2 aromatic rings. The molecule has 16 fully saturated rings. The van der Waals surface area contributed by atoms with Gasteiger partial charge in [-0.1, -0.05) is 391 Å². The molecule has 0 amide bonds. The van der Waals surface area contributed by atoms with Crippen LogP contribution < -0.4 is 0 Å². The summed E-state index contributed by atoms with van der Waals surface area (Å²) >= 11 is 0. The fourth-order valence-electron chi connectivity index (χ4n) is 22.5. The Labute approximate surface area is 685 Å². The van der Waals surface area contributed by atoms with Crippen LogP contribution in [0, 0.1) is 64.6 Å². The van der Waals surface area contributed by atoms with Crippen LogP contribution in [0.2, 0.25) is 0 Å². The van der Waals surface area contributed by atoms with Crippen molar-refractivity contribution >= 4 is 0 Å². The monoisotopic (exact) mass is 1500 g/mol. The van der Waals surface area contributed by atoms with Gasteiger partial charge >= 0.3 is 0 Å². The highest BCUT2D eigenvalue weighted by Gasteiger charge is 2.42. The van der Waals surface area contributed by atoms with E-state index in [1.165, 1.54) is 389 Å². The predicted molar refractivity (Wildman–Crippen MR) is 488 cm³/mol. The van der Waals surface area contributed by atoms with Gasteiger partial charge in [0.1, 0.15) is 0 Å². The summed E-state index contributed by atoms with van der Waals surface area (Å²) in [5.41, 5.74) is 7.19. The van der Waals surface area contributed by atoms with Gasteiger partial charge in [0.15, 0.2) is 0 Å². The molecular formula is C110H180. The minimum atomic E-state index is 0.901. The van der Waals surface area contributed by atoms with E-state index in [0.717, 1.165) is 35.5 Å². The fraction of sp³-hybridized carbons (Fsp3) is 0.782. The first-order valence-corrected chi connectivity index (χ1v) is 50.7. The molecule has 0 heterocycles. The lowest BCUT2D eigenvalue weighted by molar-refractivity contribution is 0.0198. The summed E-state index contributed by atoms with van der Waals surface area (Å²) in [5.74, 6) is 11.3. The maximum atomic E-state index is 2.38. The molecule has 8 bridgehead atoms. The van der Waals surface area contributed by atoms with Crippen LogP contribution in [0.25, 0.3) is 0 Å². The molecule has 23 aliphatic carbocycles. The lowest BCUT2D eigenvalue weighted by Gasteiger charge is -2.49. The Hall–Kier alpha value is -3.12. The van der Waals surface area contributed by atoms with Crippen molar-refractivity contribution in [3.05, 3.63) is 144 Å². The predicted octanol–water partition coefficient (Wildman–Crippen LogP) is 35.8. The minimum Gasteiger partial charge on any atom is -0.0885 e. The van der Waals surface area contributed by atoms with Gasteiger partial charge in [0, 0.05) is 0 Å². The fourth-order valence-corrected chi connectivity index (χ4v) is 22.5. The zero-order valence-corrected chi connectivity index (χ0v) is 72.9. The lowest BCUT2D eigenvalue weighted by Crippen LogP contribution is -2.38. The Kier molecular flexibility index (Phi) is 49.1. The van der Waals surface area contributed by atoms with E-state index in [2.05, 4.69) is 121 Å². The summed E-state index contributed by atoms with van der Waals surface area (Å²) in [5, 5.41) is 0. The van der Waals surface area contributed by atoms with Crippen molar-refractivity contribution in [3.63, 3.8) is 0 Å². The standard InChI is InChI=1S/C10H16.C10H18.C10H12.C9H10.C9H16.C7H12.C7H10.C7H14.C7H12.C6H12.C6H10.C5H10.C5H8.C5H6.C4H8.C3H6/c1-7-2-9-4-8(1)5-10(3-7)6-9;2*1-2-6-10-8-4-3-7-9(10)5-1;1-2-5-9-7-3-6-8(9)4-1;1-2-5-9(6-3-1)7-4-8-9;2*1-2-7-4-3-6(1)5-7;2*1-2-4-6-7-5-3-1;2*1-2-4-6-5-3-1;3*1-2-4-5-3-1;1-2-4-3-1;1-2-3-1/h7-10H,1-6H2;9-10H,1-8H2;1-2,5-6H,3-4,7-8H2;1-2,4-5H,3,6-7H2;1-8H2;6-7H,1-5H2;1-2,6-7H,3-5H2;1-7H2;1-2H,3-7H2;1-6H2;1-2H,3-6H2;1-5H2;1-2H,3-5H2;1-4H,5H2;1-4H2;1-3H2. The van der Waals surface area contributed by atoms with Crippen LogP contribution in [0.4, 0.5) is 0 Å². The van der Waals surface area contributed by atoms with Gasteiger partial charge in [-0.15, -0.1) is 0 Å². The average molecular weight is 1500 g/mol. The first-order chi connectivity index (χ1) is 54.6. The summed E-state index contributed by atoms with van der Waals surface area (Å²) in [6.45, 7) is 0. The van der Waals surface area contributed by atoms with Gasteiger partial charge in [-0.25, -0.2) is 0 Å². The van der Waals surface area contributed by atoms with Crippen molar-refractivity contribution in [2.24, 2.45) is 64.6 Å². The molecule has 110 heavy (non-hydrogen) atoms. The van der Waals surface area contributed by atoms with E-state index in [0.29, 0.717) is 0 Å². The first-order valence-electron chi connectivity index (χ1n) is 50.7. The van der Waals surface area contributed by atoms with E-state index in [1.54, 1.807) is 144 Å². The van der Waals surface area contributed by atoms with E-state index < -0.39 is 0 Å². The summed E-state index contributed by atoms with van der Waals surface area (Å²) in [6.07, 6.45) is 138. The van der Waals surface area contributed by atoms with Gasteiger partial charge in [0.2, 0.25) is 0 Å². The number of allylic oxidation sites excluding steroid dienone is 12. The Bertz CT molecular complexity index is 2450. The van der Waals surface area contributed by atoms with Crippen molar-refractivity contribution in [1.29, 1.82) is 0 Å². The molecular weight excluding hydrogens is 1320 g/mol. The van der Waals surface area contributed by atoms with Crippen molar-refractivity contribution in [2.75, 3.05) is 0 Å². The van der Waals surface area contributed by atoms with Gasteiger partial charge in [-0.2, -0.15) is 0 Å². The van der Waals surface area contributed by atoms with Crippen molar-refractivity contribution < 1.29 is 0 Å². The number of fused-ring (bicyclic) bond motifs is 7. The molecule has 16 saturated carbocycles. The molecule has 1 spiro atoms. The molecule has 23 aliphatic rings. The summed E-state index contributed by atoms with van der Waals surface area (Å²) in [7, 11) is 0. The van der Waals surface area contributed by atoms with Crippen LogP contribution in [0.3, 0.4) is 0 Å². The maximum Gasteiger partial charge on any atom is -0.0163 e. The van der Waals surface area contributed by atoms with Gasteiger partial charge in [0.05, 0.1) is 0 Å². The number of rotatable bonds is 0. The van der Waals surface area contributed by atoms with Gasteiger partial charge in [-0.3, -0.25) is 0 Å². The summed E-state index contributed by atoms with van der Waals surface area (Å²) < 4.78 is 0. The molecule has 0 radical (unpaired) electrons. The van der Waals surface area contributed by atoms with E-state index in [-0.39, 0.29) is 0 Å². The van der Waals surface area contributed by atoms with Crippen LogP contribution >= 0.6 is 0 Å². The Balaban J connectivity index is 0.000000136. The third-order valence-corrected chi connectivity index (χ3v) is 29.9. The van der Waals surface area contributed by atoms with Crippen molar-refractivity contribution in [1.82, 2.24) is 0 Å². The highest BCUT2D eigenvalue weighted by molar-refractivity contribution is 5.31. The average Bonchev–Trinajstić information content (AvgIpc) is 1.06. The number of benzene rings is 2. The normalized spacial score (nSPS) is 30.0. The first kappa shape index (κ1) is 90.8. The lowest BCUT2D eigenvalue weighted by atomic mass is 9.56. The zero-order valence-electron chi connectivity index (χ0n) is 72.9. The van der Waals surface area contributed by atoms with E-state index in [4.69, 9.17) is 0 Å². The molecule has 0 heteroatoms. The van der Waals surface area contributed by atoms with Crippen molar-refractivity contribution in [3.8, 4) is 0 Å². The van der Waals surface area contributed by atoms with Gasteiger partial charge in [-0.05, 0) is 299 Å². The molecule has 0 N–H and O–H groups in total. The van der Waals surface area contributed by atoms with Crippen LogP contribution in [-0.2, 0) is 25.7 Å². The van der Waals surface area contributed by atoms with Gasteiger partial charge < -0.3 is 0 Å². The van der Waals surface area contributed by atoms with Gasteiger partial charge in [0.25, 0.3) is 0 Å². The molecule has 0 aliphatic heterocycles. The number of aryl methyl sites for hydroxylation is 4. The number of hydrogen-bond acceptors (Lipinski definition) is 0. The molecule has 2 atom stereocenters. The minimum absolute atomic E-state index is 0.901. The van der Waals surface area contributed by atoms with E-state index >= 15 is 0 Å². The van der Waals surface area contributed by atoms with Crippen LogP contribution in [0.5, 0.6) is 0 Å². The summed E-state index contributed by atoms with van der Waals surface area (Å²) in [6, 6.07) is 17.5. The highest BCUT2D eigenvalue weighted by Crippen LogP contribution is 2.54. The largest absolute Gasteiger partial charge is 0.0885 e. The van der Waals surface area contributed by atoms with E-state index in [1.807, 2.05) is 0 Å². The second kappa shape index (κ2) is 59.5. The molecule has 620 valence electrons. The number of hydrogen-bond donors (Lipinski definition) is 0. The topological polar surface area (TPSA) is 0 Å². The molecule has 2 aromatic carbocycles.